The Morgan fingerprint density at radius 2 is 1.33 bits per heavy atom. The van der Waals surface area contributed by atoms with E-state index >= 15 is 0 Å². The molecule has 4 saturated heterocycles. The highest BCUT2D eigenvalue weighted by Gasteiger charge is 2.36. The molecule has 3 atom stereocenters. The summed E-state index contributed by atoms with van der Waals surface area (Å²) in [4.78, 5) is 63.5. The first-order valence-electron chi connectivity index (χ1n) is 27.4. The summed E-state index contributed by atoms with van der Waals surface area (Å²) in [5.74, 6) is 3.17. The first-order chi connectivity index (χ1) is 37.0. The fourth-order valence-electron chi connectivity index (χ4n) is 12.5. The van der Waals surface area contributed by atoms with E-state index in [-0.39, 0.29) is 17.9 Å². The lowest BCUT2D eigenvalue weighted by atomic mass is 9.90. The van der Waals surface area contributed by atoms with E-state index in [0.29, 0.717) is 109 Å². The van der Waals surface area contributed by atoms with E-state index in [9.17, 15) is 9.59 Å². The molecule has 0 aliphatic carbocycles. The van der Waals surface area contributed by atoms with Crippen LogP contribution in [0, 0.1) is 0 Å². The number of likely N-dealkylation sites (tertiary alicyclic amines) is 2. The summed E-state index contributed by atoms with van der Waals surface area (Å²) in [6.07, 6.45) is 9.43. The van der Waals surface area contributed by atoms with Gasteiger partial charge in [0.1, 0.15) is 30.6 Å². The monoisotopic (exact) mass is 1030 g/mol. The third kappa shape index (κ3) is 10.2. The average molecular weight is 1040 g/mol. The first-order valence-corrected chi connectivity index (χ1v) is 27.4. The van der Waals surface area contributed by atoms with Gasteiger partial charge in [-0.1, -0.05) is 39.1 Å². The van der Waals surface area contributed by atoms with Gasteiger partial charge < -0.3 is 48.5 Å². The van der Waals surface area contributed by atoms with E-state index in [1.54, 1.807) is 7.11 Å². The van der Waals surface area contributed by atoms with Gasteiger partial charge in [0.2, 0.25) is 11.8 Å². The smallest absolute Gasteiger partial charge is 0.318 e. The summed E-state index contributed by atoms with van der Waals surface area (Å²) < 4.78 is 19.0. The summed E-state index contributed by atoms with van der Waals surface area (Å²) >= 11 is 0. The summed E-state index contributed by atoms with van der Waals surface area (Å²) in [5.41, 5.74) is 10.1. The Morgan fingerprint density at radius 1 is 0.724 bits per heavy atom. The van der Waals surface area contributed by atoms with Crippen LogP contribution in [0.1, 0.15) is 78.6 Å². The lowest BCUT2D eigenvalue weighted by Gasteiger charge is -2.38. The minimum Gasteiger partial charge on any atom is -0.495 e. The number of benzene rings is 2. The van der Waals surface area contributed by atoms with Crippen molar-refractivity contribution in [3.8, 4) is 17.8 Å². The summed E-state index contributed by atoms with van der Waals surface area (Å²) in [7, 11) is 6.07. The van der Waals surface area contributed by atoms with Gasteiger partial charge in [0.25, 0.3) is 0 Å². The van der Waals surface area contributed by atoms with Crippen molar-refractivity contribution in [2.75, 3.05) is 133 Å². The fourth-order valence-corrected chi connectivity index (χ4v) is 12.5. The van der Waals surface area contributed by atoms with Crippen LogP contribution in [0.3, 0.4) is 0 Å². The van der Waals surface area contributed by atoms with Crippen molar-refractivity contribution >= 4 is 45.7 Å². The van der Waals surface area contributed by atoms with Gasteiger partial charge >= 0.3 is 12.0 Å². The molecule has 6 aliphatic heterocycles. The number of nitrogens with one attached hydrogen (secondary N) is 1. The highest BCUT2D eigenvalue weighted by Crippen LogP contribution is 2.41. The molecule has 11 rings (SSSR count). The Balaban J connectivity index is 0.804. The van der Waals surface area contributed by atoms with Crippen LogP contribution in [0.4, 0.5) is 23.0 Å². The highest BCUT2D eigenvalue weighted by atomic mass is 16.5. The molecule has 0 radical (unpaired) electrons. The van der Waals surface area contributed by atoms with Crippen molar-refractivity contribution in [3.63, 3.8) is 0 Å². The molecule has 19 heteroatoms. The number of hydrogen-bond acceptors (Lipinski definition) is 16. The average Bonchev–Trinajstić information content (AvgIpc) is 4.22. The molecule has 402 valence electrons. The van der Waals surface area contributed by atoms with E-state index in [1.807, 2.05) is 28.1 Å². The van der Waals surface area contributed by atoms with E-state index in [1.165, 1.54) is 41.0 Å². The van der Waals surface area contributed by atoms with Crippen molar-refractivity contribution < 1.29 is 23.8 Å². The van der Waals surface area contributed by atoms with Crippen molar-refractivity contribution in [2.45, 2.75) is 83.0 Å². The van der Waals surface area contributed by atoms with Gasteiger partial charge in [-0.3, -0.25) is 19.6 Å². The zero-order valence-corrected chi connectivity index (χ0v) is 45.0. The maximum absolute atomic E-state index is 12.5. The third-order valence-corrected chi connectivity index (χ3v) is 16.9. The Hall–Kier alpha value is -6.99. The van der Waals surface area contributed by atoms with Crippen LogP contribution < -0.4 is 33.8 Å². The topological polar surface area (TPSA) is 168 Å². The van der Waals surface area contributed by atoms with E-state index < -0.39 is 0 Å². The van der Waals surface area contributed by atoms with E-state index in [0.717, 1.165) is 103 Å². The Kier molecular flexibility index (Phi) is 14.8. The summed E-state index contributed by atoms with van der Waals surface area (Å²) in [6.45, 7) is 23.0. The molecule has 2 amide bonds. The highest BCUT2D eigenvalue weighted by molar-refractivity contribution is 5.95. The van der Waals surface area contributed by atoms with Gasteiger partial charge in [0, 0.05) is 106 Å². The summed E-state index contributed by atoms with van der Waals surface area (Å²) in [5, 5.41) is 8.46. The number of carbonyl (C=O) groups excluding carboxylic acids is 2. The van der Waals surface area contributed by atoms with Gasteiger partial charge in [-0.15, -0.1) is 0 Å². The normalized spacial score (nSPS) is 21.3. The number of piperazine rings is 2. The quantitative estimate of drug-likeness (QED) is 0.132. The molecule has 76 heavy (non-hydrogen) atoms. The molecular formula is C57H74N14O5. The SMILES string of the molecule is C=CC(=O)N1CCN(c2nc(OC[C@@H]3CCCN3C)nc3c2CCN(c2ccc(C4C[C@@H](COc5nc6c(c(N7CCN(C(=O)C=C)CC7)n5)CCN(c5c(OC)ccc7[nH]ncc57)C6)N(C)C4)cc2C(C)C)C3)CC1. The van der Waals surface area contributed by atoms with Crippen LogP contribution >= 0.6 is 0 Å². The molecule has 0 bridgehead atoms. The maximum Gasteiger partial charge on any atom is 0.318 e. The minimum atomic E-state index is -0.0470. The maximum atomic E-state index is 12.5. The molecule has 2 aromatic carbocycles. The van der Waals surface area contributed by atoms with E-state index in [4.69, 9.17) is 34.1 Å². The van der Waals surface area contributed by atoms with E-state index in [2.05, 4.69) is 98.9 Å². The Labute approximate surface area is 446 Å². The molecule has 3 aromatic heterocycles. The second kappa shape index (κ2) is 21.9. The number of anilines is 4. The standard InChI is InChI=1S/C57H74N14O5/c1-8-51(72)66-21-25-68(26-22-66)54-42-16-19-70(33-47(42)59-56(61-54)75-35-40-11-10-18-64(40)5)49-14-12-38(30-44(49)37(3)4)39-29-41(65(6)32-39)36-76-57-60-48-34-71(53-45-31-58-63-46(45)13-15-50(53)74-7)20-17-43(48)55(62-57)69-27-23-67(24-28-69)52(73)9-2/h8-9,12-15,30-31,37,39-41H,1-2,10-11,16-29,32-36H2,3-7H3,(H,58,63)/t39?,40-,41-/m0/s1. The Bertz CT molecular complexity index is 2970. The van der Waals surface area contributed by atoms with Crippen molar-refractivity contribution in [2.24, 2.45) is 0 Å². The fraction of sp³-hybridized carbons (Fsp3) is 0.526. The molecule has 0 saturated carbocycles. The van der Waals surface area contributed by atoms with Crippen LogP contribution in [0.5, 0.6) is 17.8 Å². The number of methoxy groups -OCH3 is 1. The largest absolute Gasteiger partial charge is 0.495 e. The lowest BCUT2D eigenvalue weighted by molar-refractivity contribution is -0.127. The number of fused-ring (bicyclic) bond motifs is 3. The third-order valence-electron chi connectivity index (χ3n) is 16.9. The number of H-pyrrole nitrogens is 1. The van der Waals surface area contributed by atoms with Gasteiger partial charge in [-0.2, -0.15) is 25.0 Å². The van der Waals surface area contributed by atoms with Gasteiger partial charge in [0.15, 0.2) is 0 Å². The zero-order chi connectivity index (χ0) is 52.6. The zero-order valence-electron chi connectivity index (χ0n) is 45.0. The summed E-state index contributed by atoms with van der Waals surface area (Å²) in [6, 6.07) is 12.4. The van der Waals surface area contributed by atoms with Crippen LogP contribution in [0.25, 0.3) is 10.9 Å². The molecule has 9 heterocycles. The molecular weight excluding hydrogens is 961 g/mol. The van der Waals surface area contributed by atoms with Crippen LogP contribution in [0.15, 0.2) is 61.8 Å². The number of aromatic amines is 1. The molecule has 1 unspecified atom stereocenters. The van der Waals surface area contributed by atoms with Crippen molar-refractivity contribution in [1.82, 2.24) is 49.7 Å². The first kappa shape index (κ1) is 51.1. The Morgan fingerprint density at radius 3 is 1.91 bits per heavy atom. The molecule has 19 nitrogen and oxygen atoms in total. The van der Waals surface area contributed by atoms with Crippen molar-refractivity contribution in [1.29, 1.82) is 0 Å². The number of likely N-dealkylation sites (N-methyl/N-ethyl adjacent to an activating group) is 2. The molecule has 4 fully saturated rings. The lowest BCUT2D eigenvalue weighted by Crippen LogP contribution is -2.49. The predicted molar refractivity (Wildman–Crippen MR) is 295 cm³/mol. The van der Waals surface area contributed by atoms with Crippen molar-refractivity contribution in [3.05, 3.63) is 95.5 Å². The second-order valence-electron chi connectivity index (χ2n) is 21.7. The number of amides is 2. The number of nitrogens with zero attached hydrogens (tertiary/aromatic N) is 13. The van der Waals surface area contributed by atoms with Crippen LogP contribution in [0.2, 0.25) is 0 Å². The predicted octanol–water partition coefficient (Wildman–Crippen LogP) is 5.41. The number of hydrogen-bond donors (Lipinski definition) is 1. The van der Waals surface area contributed by atoms with Crippen LogP contribution in [-0.4, -0.2) is 187 Å². The minimum absolute atomic E-state index is 0.0287. The van der Waals surface area contributed by atoms with Gasteiger partial charge in [-0.25, -0.2) is 0 Å². The number of ether oxygens (including phenoxy) is 3. The molecule has 0 spiro atoms. The molecule has 6 aliphatic rings. The number of rotatable bonds is 15. The number of aromatic nitrogens is 6. The van der Waals surface area contributed by atoms with Gasteiger partial charge in [-0.05, 0) is 106 Å². The molecule has 5 aromatic rings. The van der Waals surface area contributed by atoms with Gasteiger partial charge in [0.05, 0.1) is 49.0 Å². The molecule has 1 N–H and O–H groups in total. The number of carbonyl (C=O) groups is 2. The second-order valence-corrected chi connectivity index (χ2v) is 21.7. The van der Waals surface area contributed by atoms with Crippen LogP contribution in [-0.2, 0) is 35.5 Å².